The molecule has 0 aromatic heterocycles. The maximum atomic E-state index is 4.25. The Morgan fingerprint density at radius 1 is 1.30 bits per heavy atom. The average molecular weight is 159 g/mol. The second kappa shape index (κ2) is 4.02. The minimum atomic E-state index is 0.304. The third-order valence-electron chi connectivity index (χ3n) is 0.765. The van der Waals surface area contributed by atoms with Gasteiger partial charge in [-0.15, -0.1) is 11.8 Å². The molecule has 0 unspecified atom stereocenters. The lowest BCUT2D eigenvalue weighted by atomic mass is 10.3. The molecular formula is C8H17NS. The summed E-state index contributed by atoms with van der Waals surface area (Å²) in [6.07, 6.45) is 0. The van der Waals surface area contributed by atoms with Gasteiger partial charge in [0.1, 0.15) is 0 Å². The van der Waals surface area contributed by atoms with E-state index in [1.807, 2.05) is 5.55 Å². The third kappa shape index (κ3) is 8.02. The van der Waals surface area contributed by atoms with E-state index in [4.69, 9.17) is 0 Å². The minimum absolute atomic E-state index is 0.304. The van der Waals surface area contributed by atoms with E-state index < -0.39 is 0 Å². The maximum Gasteiger partial charge on any atom is 0.0549 e. The molecule has 0 N–H and O–H groups in total. The summed E-state index contributed by atoms with van der Waals surface area (Å²) in [5, 5.41) is 0. The number of nitrogens with zero attached hydrogens (tertiary/aromatic N) is 1. The van der Waals surface area contributed by atoms with Crippen molar-refractivity contribution in [1.82, 2.24) is 0 Å². The predicted octanol–water partition coefficient (Wildman–Crippen LogP) is 2.95. The number of thioether (sulfide) groups is 1. The lowest BCUT2D eigenvalue weighted by Crippen LogP contribution is -2.06. The van der Waals surface area contributed by atoms with E-state index in [9.17, 15) is 0 Å². The quantitative estimate of drug-likeness (QED) is 0.446. The molecule has 0 heterocycles. The fourth-order valence-electron chi connectivity index (χ4n) is 0.310. The second-order valence-corrected chi connectivity index (χ2v) is 5.25. The van der Waals surface area contributed by atoms with Crippen LogP contribution in [0.3, 0.4) is 0 Å². The summed E-state index contributed by atoms with van der Waals surface area (Å²) >= 11 is 1.77. The highest BCUT2D eigenvalue weighted by Gasteiger charge is 2.07. The first-order valence-corrected chi connectivity index (χ1v) is 4.49. The van der Waals surface area contributed by atoms with Crippen molar-refractivity contribution in [2.24, 2.45) is 4.99 Å². The highest BCUT2D eigenvalue weighted by molar-refractivity contribution is 8.13. The Hall–Kier alpha value is 0.0200. The fraction of sp³-hybridized carbons (Fsp3) is 0.875. The van der Waals surface area contributed by atoms with Gasteiger partial charge in [-0.25, -0.2) is 0 Å². The van der Waals surface area contributed by atoms with Crippen LogP contribution in [-0.4, -0.2) is 16.3 Å². The summed E-state index contributed by atoms with van der Waals surface area (Å²) in [6, 6.07) is 0.426. The molecule has 0 aliphatic rings. The summed E-state index contributed by atoms with van der Waals surface area (Å²) in [5.41, 5.74) is 1.95. The number of aliphatic imine (C=N–C) groups is 1. The maximum absolute atomic E-state index is 4.25. The molecule has 10 heavy (non-hydrogen) atoms. The van der Waals surface area contributed by atoms with Crippen LogP contribution in [-0.2, 0) is 0 Å². The zero-order chi connectivity index (χ0) is 8.20. The van der Waals surface area contributed by atoms with E-state index in [1.165, 1.54) is 0 Å². The minimum Gasteiger partial charge on any atom is -0.284 e. The average Bonchev–Trinajstić information content (AvgIpc) is 1.59. The molecule has 0 radical (unpaired) electrons. The molecule has 0 aromatic carbocycles. The van der Waals surface area contributed by atoms with Crippen molar-refractivity contribution in [2.45, 2.75) is 45.4 Å². The van der Waals surface area contributed by atoms with E-state index >= 15 is 0 Å². The lowest BCUT2D eigenvalue weighted by molar-refractivity contribution is 0.808. The summed E-state index contributed by atoms with van der Waals surface area (Å²) in [5.74, 6) is 0. The summed E-state index contributed by atoms with van der Waals surface area (Å²) in [7, 11) is 0. The van der Waals surface area contributed by atoms with Crippen LogP contribution in [0.4, 0.5) is 0 Å². The predicted molar refractivity (Wildman–Crippen MR) is 51.0 cm³/mol. The van der Waals surface area contributed by atoms with Crippen LogP contribution in [0.15, 0.2) is 4.99 Å². The Morgan fingerprint density at radius 2 is 1.80 bits per heavy atom. The van der Waals surface area contributed by atoms with Gasteiger partial charge in [0, 0.05) is 10.8 Å². The van der Waals surface area contributed by atoms with Gasteiger partial charge in [-0.1, -0.05) is 20.8 Å². The molecule has 0 fully saturated rings. The molecule has 0 rings (SSSR count). The topological polar surface area (TPSA) is 12.4 Å². The van der Waals surface area contributed by atoms with Gasteiger partial charge in [-0.05, 0) is 13.8 Å². The molecule has 0 bridgehead atoms. The van der Waals surface area contributed by atoms with Gasteiger partial charge >= 0.3 is 0 Å². The third-order valence-corrected chi connectivity index (χ3v) is 1.70. The molecular weight excluding hydrogens is 142 g/mol. The number of hydrogen-bond donors (Lipinski definition) is 0. The van der Waals surface area contributed by atoms with Crippen LogP contribution in [0.1, 0.15) is 34.6 Å². The molecule has 0 atom stereocenters. The Morgan fingerprint density at radius 3 is 2.10 bits per heavy atom. The summed E-state index contributed by atoms with van der Waals surface area (Å²) in [4.78, 5) is 4.25. The molecule has 0 saturated heterocycles. The van der Waals surface area contributed by atoms with Crippen molar-refractivity contribution in [1.29, 1.82) is 0 Å². The molecule has 2 heteroatoms. The monoisotopic (exact) mass is 159 g/mol. The Balaban J connectivity index is 3.54. The van der Waals surface area contributed by atoms with Crippen molar-refractivity contribution in [3.63, 3.8) is 0 Å². The smallest absolute Gasteiger partial charge is 0.0549 e. The first-order chi connectivity index (χ1) is 4.42. The molecule has 0 aliphatic carbocycles. The van der Waals surface area contributed by atoms with Gasteiger partial charge in [0.05, 0.1) is 5.55 Å². The molecule has 0 aromatic rings. The van der Waals surface area contributed by atoms with Crippen LogP contribution >= 0.6 is 11.8 Å². The van der Waals surface area contributed by atoms with E-state index in [-0.39, 0.29) is 0 Å². The molecule has 0 aliphatic heterocycles. The van der Waals surface area contributed by atoms with Crippen molar-refractivity contribution in [3.05, 3.63) is 0 Å². The SMILES string of the molecule is CC(C)/N=C\SC(C)(C)C. The van der Waals surface area contributed by atoms with Gasteiger partial charge in [0.25, 0.3) is 0 Å². The van der Waals surface area contributed by atoms with Crippen molar-refractivity contribution in [3.8, 4) is 0 Å². The zero-order valence-electron chi connectivity index (χ0n) is 7.51. The van der Waals surface area contributed by atoms with Crippen molar-refractivity contribution in [2.75, 3.05) is 0 Å². The normalized spacial score (nSPS) is 13.4. The van der Waals surface area contributed by atoms with Gasteiger partial charge in [0.2, 0.25) is 0 Å². The number of hydrogen-bond acceptors (Lipinski definition) is 2. The van der Waals surface area contributed by atoms with Crippen LogP contribution in [0.5, 0.6) is 0 Å². The van der Waals surface area contributed by atoms with Crippen molar-refractivity contribution >= 4 is 17.3 Å². The molecule has 0 amide bonds. The Kier molecular flexibility index (Phi) is 4.02. The standard InChI is InChI=1S/C8H17NS/c1-7(2)9-6-10-8(3,4)5/h6-7H,1-5H3/b9-6-. The van der Waals surface area contributed by atoms with Crippen LogP contribution < -0.4 is 0 Å². The first-order valence-electron chi connectivity index (χ1n) is 3.61. The summed E-state index contributed by atoms with van der Waals surface area (Å²) < 4.78 is 0.304. The zero-order valence-corrected chi connectivity index (χ0v) is 8.33. The molecule has 60 valence electrons. The van der Waals surface area contributed by atoms with E-state index in [0.29, 0.717) is 10.8 Å². The highest BCUT2D eigenvalue weighted by atomic mass is 32.2. The van der Waals surface area contributed by atoms with Crippen molar-refractivity contribution < 1.29 is 0 Å². The van der Waals surface area contributed by atoms with E-state index in [1.54, 1.807) is 11.8 Å². The van der Waals surface area contributed by atoms with Gasteiger partial charge in [-0.3, -0.25) is 4.99 Å². The first kappa shape index (κ1) is 10.0. The van der Waals surface area contributed by atoms with Crippen LogP contribution in [0.2, 0.25) is 0 Å². The van der Waals surface area contributed by atoms with Gasteiger partial charge < -0.3 is 0 Å². The Bertz CT molecular complexity index is 111. The Labute approximate surface area is 68.3 Å². The lowest BCUT2D eigenvalue weighted by Gasteiger charge is -2.13. The van der Waals surface area contributed by atoms with Crippen LogP contribution in [0.25, 0.3) is 0 Å². The number of rotatable bonds is 2. The molecule has 0 spiro atoms. The highest BCUT2D eigenvalue weighted by Crippen LogP contribution is 2.20. The van der Waals surface area contributed by atoms with E-state index in [2.05, 4.69) is 39.6 Å². The largest absolute Gasteiger partial charge is 0.284 e. The van der Waals surface area contributed by atoms with Crippen LogP contribution in [0, 0.1) is 0 Å². The van der Waals surface area contributed by atoms with Gasteiger partial charge in [-0.2, -0.15) is 0 Å². The fourth-order valence-corrected chi connectivity index (χ4v) is 0.931. The molecule has 1 nitrogen and oxygen atoms in total. The summed E-state index contributed by atoms with van der Waals surface area (Å²) in [6.45, 7) is 10.7. The second-order valence-electron chi connectivity index (χ2n) is 3.58. The van der Waals surface area contributed by atoms with E-state index in [0.717, 1.165) is 0 Å². The van der Waals surface area contributed by atoms with Gasteiger partial charge in [0.15, 0.2) is 0 Å². The molecule has 0 saturated carbocycles.